The van der Waals surface area contributed by atoms with Crippen LogP contribution in [0.5, 0.6) is 0 Å². The average Bonchev–Trinajstić information content (AvgIpc) is 2.96. The molecule has 2 aromatic rings. The summed E-state index contributed by atoms with van der Waals surface area (Å²) in [5.41, 5.74) is 1.65. The lowest BCUT2D eigenvalue weighted by molar-refractivity contribution is -0.115. The molecule has 25 heavy (non-hydrogen) atoms. The zero-order chi connectivity index (χ0) is 18.4. The summed E-state index contributed by atoms with van der Waals surface area (Å²) >= 11 is 5.98. The maximum absolute atomic E-state index is 12.2. The molecule has 0 aliphatic heterocycles. The Hall–Kier alpha value is -1.85. The molecular weight excluding hydrogens is 336 g/mol. The third kappa shape index (κ3) is 5.58. The predicted molar refractivity (Wildman–Crippen MR) is 104 cm³/mol. The van der Waals surface area contributed by atoms with Gasteiger partial charge in [0, 0.05) is 16.5 Å². The first-order valence-electron chi connectivity index (χ1n) is 8.68. The Bertz CT molecular complexity index is 701. The van der Waals surface area contributed by atoms with Gasteiger partial charge in [0.25, 0.3) is 0 Å². The molecule has 1 aromatic carbocycles. The quantitative estimate of drug-likeness (QED) is 0.727. The van der Waals surface area contributed by atoms with Gasteiger partial charge < -0.3 is 10.6 Å². The SMILES string of the molecule is CCCCNCC(=O)Nc1cc(C(C)(C)C)nn1-c1ccc(Cl)cc1. The lowest BCUT2D eigenvalue weighted by atomic mass is 9.92. The molecule has 1 aromatic heterocycles. The number of hydrogen-bond donors (Lipinski definition) is 2. The molecular formula is C19H27ClN4O. The number of carbonyl (C=O) groups is 1. The first-order chi connectivity index (χ1) is 11.8. The molecule has 1 heterocycles. The second-order valence-electron chi connectivity index (χ2n) is 7.13. The number of benzene rings is 1. The van der Waals surface area contributed by atoms with E-state index < -0.39 is 0 Å². The molecule has 1 amide bonds. The molecule has 0 spiro atoms. The largest absolute Gasteiger partial charge is 0.309 e. The monoisotopic (exact) mass is 362 g/mol. The van der Waals surface area contributed by atoms with Gasteiger partial charge in [-0.05, 0) is 37.2 Å². The van der Waals surface area contributed by atoms with Gasteiger partial charge in [-0.3, -0.25) is 4.79 Å². The molecule has 0 atom stereocenters. The van der Waals surface area contributed by atoms with E-state index in [9.17, 15) is 4.79 Å². The van der Waals surface area contributed by atoms with E-state index in [1.54, 1.807) is 4.68 Å². The molecule has 0 saturated carbocycles. The van der Waals surface area contributed by atoms with E-state index in [4.69, 9.17) is 11.6 Å². The number of unbranched alkanes of at least 4 members (excludes halogenated alkanes) is 1. The lowest BCUT2D eigenvalue weighted by Gasteiger charge is -2.14. The smallest absolute Gasteiger partial charge is 0.239 e. The summed E-state index contributed by atoms with van der Waals surface area (Å²) in [5.74, 6) is 0.584. The van der Waals surface area contributed by atoms with E-state index in [1.165, 1.54) is 0 Å². The maximum atomic E-state index is 12.2. The lowest BCUT2D eigenvalue weighted by Crippen LogP contribution is -2.29. The van der Waals surface area contributed by atoms with Crippen molar-refractivity contribution in [3.63, 3.8) is 0 Å². The fourth-order valence-corrected chi connectivity index (χ4v) is 2.43. The van der Waals surface area contributed by atoms with Crippen molar-refractivity contribution in [2.45, 2.75) is 46.0 Å². The van der Waals surface area contributed by atoms with Crippen LogP contribution in [-0.4, -0.2) is 28.8 Å². The van der Waals surface area contributed by atoms with Crippen LogP contribution in [0.1, 0.15) is 46.2 Å². The van der Waals surface area contributed by atoms with Gasteiger partial charge in [-0.15, -0.1) is 0 Å². The van der Waals surface area contributed by atoms with Crippen LogP contribution in [0.3, 0.4) is 0 Å². The maximum Gasteiger partial charge on any atom is 0.239 e. The van der Waals surface area contributed by atoms with Crippen molar-refractivity contribution in [3.8, 4) is 5.69 Å². The zero-order valence-corrected chi connectivity index (χ0v) is 16.2. The summed E-state index contributed by atoms with van der Waals surface area (Å²) in [6.07, 6.45) is 2.16. The molecule has 0 fully saturated rings. The minimum absolute atomic E-state index is 0.0772. The Kier molecular flexibility index (Phi) is 6.62. The molecule has 0 unspecified atom stereocenters. The minimum Gasteiger partial charge on any atom is -0.309 e. The number of halogens is 1. The number of rotatable bonds is 7. The summed E-state index contributed by atoms with van der Waals surface area (Å²) in [7, 11) is 0. The average molecular weight is 363 g/mol. The predicted octanol–water partition coefficient (Wildman–Crippen LogP) is 4.15. The summed E-state index contributed by atoms with van der Waals surface area (Å²) in [4.78, 5) is 12.2. The van der Waals surface area contributed by atoms with Crippen molar-refractivity contribution in [1.82, 2.24) is 15.1 Å². The van der Waals surface area contributed by atoms with E-state index in [1.807, 2.05) is 30.3 Å². The Morgan fingerprint density at radius 3 is 2.52 bits per heavy atom. The van der Waals surface area contributed by atoms with Crippen molar-refractivity contribution >= 4 is 23.3 Å². The summed E-state index contributed by atoms with van der Waals surface area (Å²) in [5, 5.41) is 11.5. The second kappa shape index (κ2) is 8.50. The van der Waals surface area contributed by atoms with Crippen LogP contribution in [0.15, 0.2) is 30.3 Å². The fourth-order valence-electron chi connectivity index (χ4n) is 2.31. The standard InChI is InChI=1S/C19H27ClN4O/c1-5-6-11-21-13-18(25)22-17-12-16(19(2,3)4)23-24(17)15-9-7-14(20)8-10-15/h7-10,12,21H,5-6,11,13H2,1-4H3,(H,22,25). The first kappa shape index (κ1) is 19.5. The van der Waals surface area contributed by atoms with E-state index >= 15 is 0 Å². The number of nitrogens with zero attached hydrogens (tertiary/aromatic N) is 2. The first-order valence-corrected chi connectivity index (χ1v) is 9.06. The highest BCUT2D eigenvalue weighted by Crippen LogP contribution is 2.26. The van der Waals surface area contributed by atoms with Crippen LogP contribution >= 0.6 is 11.6 Å². The molecule has 0 saturated heterocycles. The van der Waals surface area contributed by atoms with Crippen molar-refractivity contribution < 1.29 is 4.79 Å². The Balaban J connectivity index is 2.21. The van der Waals surface area contributed by atoms with Gasteiger partial charge in [-0.25, -0.2) is 4.68 Å². The van der Waals surface area contributed by atoms with Crippen molar-refractivity contribution in [1.29, 1.82) is 0 Å². The van der Waals surface area contributed by atoms with Crippen LogP contribution < -0.4 is 10.6 Å². The molecule has 5 nitrogen and oxygen atoms in total. The Morgan fingerprint density at radius 2 is 1.92 bits per heavy atom. The molecule has 0 radical (unpaired) electrons. The van der Waals surface area contributed by atoms with Crippen LogP contribution in [0, 0.1) is 0 Å². The van der Waals surface area contributed by atoms with Gasteiger partial charge in [0.2, 0.25) is 5.91 Å². The van der Waals surface area contributed by atoms with Gasteiger partial charge in [0.1, 0.15) is 5.82 Å². The highest BCUT2D eigenvalue weighted by molar-refractivity contribution is 6.30. The minimum atomic E-state index is -0.115. The normalized spacial score (nSPS) is 11.6. The third-order valence-corrected chi connectivity index (χ3v) is 4.06. The Morgan fingerprint density at radius 1 is 1.24 bits per heavy atom. The molecule has 2 rings (SSSR count). The summed E-state index contributed by atoms with van der Waals surface area (Å²) in [6.45, 7) is 9.54. The van der Waals surface area contributed by atoms with Crippen molar-refractivity contribution in [3.05, 3.63) is 41.0 Å². The number of aromatic nitrogens is 2. The highest BCUT2D eigenvalue weighted by atomic mass is 35.5. The van der Waals surface area contributed by atoms with Crippen LogP contribution in [0.25, 0.3) is 5.69 Å². The van der Waals surface area contributed by atoms with Gasteiger partial charge in [-0.2, -0.15) is 5.10 Å². The zero-order valence-electron chi connectivity index (χ0n) is 15.4. The molecule has 0 aliphatic carbocycles. The Labute approximate surface area is 154 Å². The van der Waals surface area contributed by atoms with Gasteiger partial charge in [0.05, 0.1) is 17.9 Å². The van der Waals surface area contributed by atoms with Crippen LogP contribution in [-0.2, 0) is 10.2 Å². The molecule has 0 bridgehead atoms. The second-order valence-corrected chi connectivity index (χ2v) is 7.57. The van der Waals surface area contributed by atoms with Crippen LogP contribution in [0.4, 0.5) is 5.82 Å². The number of hydrogen-bond acceptors (Lipinski definition) is 3. The third-order valence-electron chi connectivity index (χ3n) is 3.81. The molecule has 136 valence electrons. The van der Waals surface area contributed by atoms with Gasteiger partial charge >= 0.3 is 0 Å². The van der Waals surface area contributed by atoms with Gasteiger partial charge in [0.15, 0.2) is 0 Å². The number of carbonyl (C=O) groups excluding carboxylic acids is 1. The van der Waals surface area contributed by atoms with E-state index in [0.717, 1.165) is 30.8 Å². The van der Waals surface area contributed by atoms with Crippen molar-refractivity contribution in [2.75, 3.05) is 18.4 Å². The molecule has 2 N–H and O–H groups in total. The molecule has 0 aliphatic rings. The summed E-state index contributed by atoms with van der Waals surface area (Å²) < 4.78 is 1.75. The van der Waals surface area contributed by atoms with Crippen molar-refractivity contribution in [2.24, 2.45) is 0 Å². The van der Waals surface area contributed by atoms with E-state index in [2.05, 4.69) is 43.4 Å². The number of amides is 1. The fraction of sp³-hybridized carbons (Fsp3) is 0.474. The number of nitrogens with one attached hydrogen (secondary N) is 2. The summed E-state index contributed by atoms with van der Waals surface area (Å²) in [6, 6.07) is 9.33. The van der Waals surface area contributed by atoms with E-state index in [-0.39, 0.29) is 17.9 Å². The van der Waals surface area contributed by atoms with Gasteiger partial charge in [-0.1, -0.05) is 45.7 Å². The number of anilines is 1. The topological polar surface area (TPSA) is 59.0 Å². The van der Waals surface area contributed by atoms with E-state index in [0.29, 0.717) is 10.8 Å². The highest BCUT2D eigenvalue weighted by Gasteiger charge is 2.21. The molecule has 6 heteroatoms. The van der Waals surface area contributed by atoms with Crippen LogP contribution in [0.2, 0.25) is 5.02 Å².